The summed E-state index contributed by atoms with van der Waals surface area (Å²) in [4.78, 5) is 12.3. The topological polar surface area (TPSA) is 43.3 Å². The molecule has 29 heavy (non-hydrogen) atoms. The van der Waals surface area contributed by atoms with Crippen LogP contribution in [-0.4, -0.2) is 87.9 Å². The van der Waals surface area contributed by atoms with Crippen LogP contribution >= 0.6 is 24.0 Å². The molecule has 0 radical (unpaired) electrons. The highest BCUT2D eigenvalue weighted by Crippen LogP contribution is 2.26. The molecular formula is C22H38IN5O. The van der Waals surface area contributed by atoms with Crippen molar-refractivity contribution in [2.75, 3.05) is 71.5 Å². The van der Waals surface area contributed by atoms with Crippen LogP contribution in [-0.2, 0) is 4.74 Å². The number of halogens is 1. The summed E-state index contributed by atoms with van der Waals surface area (Å²) in [6.45, 7) is 11.7. The van der Waals surface area contributed by atoms with Crippen LogP contribution in [0.3, 0.4) is 0 Å². The minimum absolute atomic E-state index is 0. The number of hydrogen-bond acceptors (Lipinski definition) is 4. The first-order chi connectivity index (χ1) is 13.5. The Labute approximate surface area is 193 Å². The molecule has 0 atom stereocenters. The molecule has 0 spiro atoms. The monoisotopic (exact) mass is 515 g/mol. The summed E-state index contributed by atoms with van der Waals surface area (Å²) in [7, 11) is 4.35. The predicted octanol–water partition coefficient (Wildman–Crippen LogP) is 2.81. The number of benzene rings is 1. The molecule has 0 amide bonds. The molecule has 0 unspecified atom stereocenters. The normalized spacial score (nSPS) is 19.8. The second-order valence-electron chi connectivity index (χ2n) is 8.21. The minimum atomic E-state index is 0. The van der Waals surface area contributed by atoms with Gasteiger partial charge in [0.25, 0.3) is 0 Å². The average molecular weight is 515 g/mol. The quantitative estimate of drug-likeness (QED) is 0.371. The molecule has 7 heteroatoms. The van der Waals surface area contributed by atoms with E-state index in [0.29, 0.717) is 0 Å². The minimum Gasteiger partial charge on any atom is -0.381 e. The van der Waals surface area contributed by atoms with Gasteiger partial charge in [-0.15, -0.1) is 24.0 Å². The summed E-state index contributed by atoms with van der Waals surface area (Å²) in [5.41, 5.74) is 2.76. The highest BCUT2D eigenvalue weighted by Gasteiger charge is 2.35. The van der Waals surface area contributed by atoms with Gasteiger partial charge in [0, 0.05) is 57.2 Å². The maximum atomic E-state index is 5.60. The number of aryl methyl sites for hydroxylation is 1. The Kier molecular flexibility index (Phi) is 9.49. The summed E-state index contributed by atoms with van der Waals surface area (Å²) in [5.74, 6) is 1.05. The molecule has 2 heterocycles. The SMILES string of the molecule is CCNC(=NCC1(N(C)C)CCOCC1)N1CCN(c2cccc(C)c2)CC1.I. The number of nitrogens with one attached hydrogen (secondary N) is 1. The highest BCUT2D eigenvalue weighted by atomic mass is 127. The average Bonchev–Trinajstić information content (AvgIpc) is 2.72. The van der Waals surface area contributed by atoms with Crippen molar-refractivity contribution >= 4 is 35.6 Å². The van der Waals surface area contributed by atoms with Gasteiger partial charge in [-0.05, 0) is 58.5 Å². The molecule has 0 aromatic heterocycles. The Hall–Kier alpha value is -1.06. The number of ether oxygens (including phenoxy) is 1. The van der Waals surface area contributed by atoms with Crippen molar-refractivity contribution in [1.82, 2.24) is 15.1 Å². The van der Waals surface area contributed by atoms with E-state index in [1.807, 2.05) is 0 Å². The van der Waals surface area contributed by atoms with Crippen molar-refractivity contribution in [1.29, 1.82) is 0 Å². The smallest absolute Gasteiger partial charge is 0.194 e. The standard InChI is InChI=1S/C22H37N5O.HI/c1-5-23-21(24-18-22(25(3)4)9-15-28-16-10-22)27-13-11-26(12-14-27)20-8-6-7-19(2)17-20;/h6-8,17H,5,9-16,18H2,1-4H3,(H,23,24);1H. The molecule has 2 fully saturated rings. The lowest BCUT2D eigenvalue weighted by Gasteiger charge is -2.42. The maximum Gasteiger partial charge on any atom is 0.194 e. The van der Waals surface area contributed by atoms with Crippen LogP contribution in [0.1, 0.15) is 25.3 Å². The predicted molar refractivity (Wildman–Crippen MR) is 133 cm³/mol. The molecule has 164 valence electrons. The fourth-order valence-electron chi connectivity index (χ4n) is 4.15. The third-order valence-corrected chi connectivity index (χ3v) is 6.18. The van der Waals surface area contributed by atoms with E-state index in [1.54, 1.807) is 0 Å². The van der Waals surface area contributed by atoms with Gasteiger partial charge in [0.15, 0.2) is 5.96 Å². The Bertz CT molecular complexity index is 652. The summed E-state index contributed by atoms with van der Waals surface area (Å²) in [6, 6.07) is 8.80. The largest absolute Gasteiger partial charge is 0.381 e. The van der Waals surface area contributed by atoms with Gasteiger partial charge in [-0.3, -0.25) is 4.99 Å². The van der Waals surface area contributed by atoms with Crippen molar-refractivity contribution in [2.45, 2.75) is 32.2 Å². The molecule has 1 aromatic carbocycles. The van der Waals surface area contributed by atoms with Gasteiger partial charge in [-0.25, -0.2) is 0 Å². The molecule has 3 rings (SSSR count). The van der Waals surface area contributed by atoms with Gasteiger partial charge >= 0.3 is 0 Å². The second-order valence-corrected chi connectivity index (χ2v) is 8.21. The van der Waals surface area contributed by atoms with Crippen LogP contribution in [0, 0.1) is 6.92 Å². The molecule has 0 aliphatic carbocycles. The van der Waals surface area contributed by atoms with E-state index in [0.717, 1.165) is 71.3 Å². The summed E-state index contributed by atoms with van der Waals surface area (Å²) in [5, 5.41) is 3.52. The third kappa shape index (κ3) is 6.21. The zero-order chi connectivity index (χ0) is 20.0. The van der Waals surface area contributed by atoms with Crippen molar-refractivity contribution in [3.05, 3.63) is 29.8 Å². The number of rotatable bonds is 5. The first-order valence-corrected chi connectivity index (χ1v) is 10.6. The van der Waals surface area contributed by atoms with Gasteiger partial charge < -0.3 is 24.8 Å². The summed E-state index contributed by atoms with van der Waals surface area (Å²) >= 11 is 0. The van der Waals surface area contributed by atoms with Gasteiger partial charge in [-0.1, -0.05) is 12.1 Å². The lowest BCUT2D eigenvalue weighted by molar-refractivity contribution is -0.00264. The molecule has 1 aromatic rings. The number of likely N-dealkylation sites (N-methyl/N-ethyl adjacent to an activating group) is 1. The highest BCUT2D eigenvalue weighted by molar-refractivity contribution is 14.0. The Morgan fingerprint density at radius 2 is 1.86 bits per heavy atom. The number of hydrogen-bond donors (Lipinski definition) is 1. The number of guanidine groups is 1. The molecule has 0 bridgehead atoms. The number of nitrogens with zero attached hydrogens (tertiary/aromatic N) is 4. The van der Waals surface area contributed by atoms with E-state index in [1.165, 1.54) is 11.3 Å². The molecule has 0 saturated carbocycles. The third-order valence-electron chi connectivity index (χ3n) is 6.18. The molecule has 2 saturated heterocycles. The zero-order valence-electron chi connectivity index (χ0n) is 18.5. The van der Waals surface area contributed by atoms with Crippen LogP contribution in [0.2, 0.25) is 0 Å². The second kappa shape index (κ2) is 11.4. The van der Waals surface area contributed by atoms with Crippen molar-refractivity contribution in [3.63, 3.8) is 0 Å². The first-order valence-electron chi connectivity index (χ1n) is 10.6. The summed E-state index contributed by atoms with van der Waals surface area (Å²) < 4.78 is 5.60. The molecular weight excluding hydrogens is 477 g/mol. The lowest BCUT2D eigenvalue weighted by atomic mass is 9.89. The number of piperazine rings is 1. The fraction of sp³-hybridized carbons (Fsp3) is 0.682. The summed E-state index contributed by atoms with van der Waals surface area (Å²) in [6.07, 6.45) is 2.09. The fourth-order valence-corrected chi connectivity index (χ4v) is 4.15. The van der Waals surface area contributed by atoms with Crippen molar-refractivity contribution in [3.8, 4) is 0 Å². The van der Waals surface area contributed by atoms with E-state index < -0.39 is 0 Å². The molecule has 2 aliphatic rings. The molecule has 6 nitrogen and oxygen atoms in total. The van der Waals surface area contributed by atoms with Gasteiger partial charge in [0.05, 0.1) is 6.54 Å². The van der Waals surface area contributed by atoms with Crippen LogP contribution in [0.5, 0.6) is 0 Å². The molecule has 1 N–H and O–H groups in total. The van der Waals surface area contributed by atoms with E-state index in [9.17, 15) is 0 Å². The Morgan fingerprint density at radius 1 is 1.17 bits per heavy atom. The van der Waals surface area contributed by atoms with E-state index in [2.05, 4.69) is 72.2 Å². The van der Waals surface area contributed by atoms with Crippen LogP contribution < -0.4 is 10.2 Å². The Balaban J connectivity index is 0.00000300. The van der Waals surface area contributed by atoms with Crippen LogP contribution in [0.25, 0.3) is 0 Å². The van der Waals surface area contributed by atoms with E-state index in [-0.39, 0.29) is 29.5 Å². The van der Waals surface area contributed by atoms with Crippen LogP contribution in [0.15, 0.2) is 29.3 Å². The first kappa shape index (κ1) is 24.2. The lowest BCUT2D eigenvalue weighted by Crippen LogP contribution is -2.54. The molecule has 2 aliphatic heterocycles. The van der Waals surface area contributed by atoms with Crippen molar-refractivity contribution < 1.29 is 4.74 Å². The number of anilines is 1. The van der Waals surface area contributed by atoms with Gasteiger partial charge in [0.1, 0.15) is 0 Å². The number of aliphatic imine (C=N–C) groups is 1. The van der Waals surface area contributed by atoms with E-state index in [4.69, 9.17) is 9.73 Å². The van der Waals surface area contributed by atoms with Gasteiger partial charge in [-0.2, -0.15) is 0 Å². The Morgan fingerprint density at radius 3 is 2.45 bits per heavy atom. The maximum absolute atomic E-state index is 5.60. The zero-order valence-corrected chi connectivity index (χ0v) is 20.8. The van der Waals surface area contributed by atoms with Crippen molar-refractivity contribution in [2.24, 2.45) is 4.99 Å². The van der Waals surface area contributed by atoms with Gasteiger partial charge in [0.2, 0.25) is 0 Å². The van der Waals surface area contributed by atoms with Crippen LogP contribution in [0.4, 0.5) is 5.69 Å². The van der Waals surface area contributed by atoms with E-state index >= 15 is 0 Å².